The van der Waals surface area contributed by atoms with Crippen molar-refractivity contribution in [2.24, 2.45) is 5.41 Å². The second kappa shape index (κ2) is 3.90. The molecule has 0 bridgehead atoms. The van der Waals surface area contributed by atoms with Gasteiger partial charge in [0.1, 0.15) is 0 Å². The summed E-state index contributed by atoms with van der Waals surface area (Å²) in [6.45, 7) is 2.30. The maximum absolute atomic E-state index is 11.5. The first-order valence-electron chi connectivity index (χ1n) is 6.62. The molecule has 0 spiro atoms. The molecule has 1 saturated heterocycles. The highest BCUT2D eigenvalue weighted by atomic mass is 16.4. The van der Waals surface area contributed by atoms with Crippen LogP contribution in [0.1, 0.15) is 38.5 Å². The predicted molar refractivity (Wildman–Crippen MR) is 65.5 cm³/mol. The number of allylic oxidation sites excluding steroid dienone is 3. The molecule has 2 aliphatic carbocycles. The lowest BCUT2D eigenvalue weighted by Crippen LogP contribution is -2.34. The van der Waals surface area contributed by atoms with Crippen molar-refractivity contribution in [1.29, 1.82) is 0 Å². The van der Waals surface area contributed by atoms with Gasteiger partial charge in [0.05, 0.1) is 5.41 Å². The third kappa shape index (κ3) is 1.60. The molecule has 92 valence electrons. The molecular weight excluding hydrogens is 214 g/mol. The van der Waals surface area contributed by atoms with Crippen LogP contribution >= 0.6 is 0 Å². The Hall–Kier alpha value is -1.25. The Balaban J connectivity index is 1.88. The zero-order valence-electron chi connectivity index (χ0n) is 10.1. The molecule has 1 heterocycles. The summed E-state index contributed by atoms with van der Waals surface area (Å²) in [5.74, 6) is -0.627. The molecule has 0 aromatic rings. The Morgan fingerprint density at radius 2 is 2.06 bits per heavy atom. The van der Waals surface area contributed by atoms with Crippen molar-refractivity contribution in [1.82, 2.24) is 4.90 Å². The van der Waals surface area contributed by atoms with Gasteiger partial charge in [-0.15, -0.1) is 0 Å². The smallest absolute Gasteiger partial charge is 0.314 e. The maximum Gasteiger partial charge on any atom is 0.314 e. The minimum atomic E-state index is -0.627. The number of likely N-dealkylation sites (tertiary alicyclic amines) is 1. The van der Waals surface area contributed by atoms with Crippen LogP contribution in [0, 0.1) is 5.41 Å². The van der Waals surface area contributed by atoms with E-state index in [4.69, 9.17) is 0 Å². The molecule has 0 radical (unpaired) electrons. The van der Waals surface area contributed by atoms with Crippen molar-refractivity contribution in [3.63, 3.8) is 0 Å². The number of hydrogen-bond donors (Lipinski definition) is 1. The van der Waals surface area contributed by atoms with Gasteiger partial charge >= 0.3 is 5.97 Å². The average Bonchev–Trinajstić information content (AvgIpc) is 2.98. The molecule has 17 heavy (non-hydrogen) atoms. The zero-order valence-corrected chi connectivity index (χ0v) is 10.1. The Morgan fingerprint density at radius 3 is 2.76 bits per heavy atom. The summed E-state index contributed by atoms with van der Waals surface area (Å²) in [6, 6.07) is 0. The van der Waals surface area contributed by atoms with E-state index < -0.39 is 11.4 Å². The summed E-state index contributed by atoms with van der Waals surface area (Å²) in [4.78, 5) is 13.9. The lowest BCUT2D eigenvalue weighted by molar-refractivity contribution is -0.147. The van der Waals surface area contributed by atoms with Crippen LogP contribution in [0.2, 0.25) is 0 Å². The first-order valence-corrected chi connectivity index (χ1v) is 6.62. The highest BCUT2D eigenvalue weighted by molar-refractivity contribution is 5.81. The van der Waals surface area contributed by atoms with E-state index in [0.717, 1.165) is 44.3 Å². The minimum Gasteiger partial charge on any atom is -0.481 e. The van der Waals surface area contributed by atoms with Crippen molar-refractivity contribution in [3.8, 4) is 0 Å². The van der Waals surface area contributed by atoms with Crippen LogP contribution in [0.4, 0.5) is 0 Å². The number of aliphatic carboxylic acids is 1. The quantitative estimate of drug-likeness (QED) is 0.796. The van der Waals surface area contributed by atoms with Gasteiger partial charge in [-0.25, -0.2) is 0 Å². The molecule has 0 amide bonds. The van der Waals surface area contributed by atoms with Crippen LogP contribution in [0.5, 0.6) is 0 Å². The first kappa shape index (κ1) is 10.9. The second-order valence-corrected chi connectivity index (χ2v) is 5.42. The molecule has 0 aromatic heterocycles. The molecule has 3 nitrogen and oxygen atoms in total. The summed E-state index contributed by atoms with van der Waals surface area (Å²) in [5, 5.41) is 9.47. The third-order valence-corrected chi connectivity index (χ3v) is 4.54. The molecular formula is C14H19NO2. The Morgan fingerprint density at radius 1 is 1.29 bits per heavy atom. The van der Waals surface area contributed by atoms with Gasteiger partial charge in [-0.05, 0) is 50.2 Å². The van der Waals surface area contributed by atoms with Gasteiger partial charge in [-0.3, -0.25) is 4.79 Å². The summed E-state index contributed by atoms with van der Waals surface area (Å²) in [6.07, 6.45) is 10.3. The Kier molecular flexibility index (Phi) is 2.49. The summed E-state index contributed by atoms with van der Waals surface area (Å²) in [7, 11) is 0. The van der Waals surface area contributed by atoms with E-state index in [1.807, 2.05) is 0 Å². The number of carboxylic acids is 1. The van der Waals surface area contributed by atoms with Gasteiger partial charge < -0.3 is 10.0 Å². The van der Waals surface area contributed by atoms with E-state index in [0.29, 0.717) is 0 Å². The monoisotopic (exact) mass is 233 g/mol. The highest BCUT2D eigenvalue weighted by Gasteiger charge is 2.45. The SMILES string of the molecule is O=C(O)C12CCC=C1C=C(N1CCCC1)CC2. The number of carboxylic acid groups (broad SMARTS) is 1. The van der Waals surface area contributed by atoms with E-state index in [1.54, 1.807) is 0 Å². The van der Waals surface area contributed by atoms with Crippen LogP contribution in [-0.2, 0) is 4.79 Å². The number of carbonyl (C=O) groups is 1. The molecule has 3 aliphatic rings. The topological polar surface area (TPSA) is 40.5 Å². The molecule has 1 atom stereocenters. The Bertz CT molecular complexity index is 404. The lowest BCUT2D eigenvalue weighted by Gasteiger charge is -2.34. The van der Waals surface area contributed by atoms with Gasteiger partial charge in [-0.1, -0.05) is 6.08 Å². The lowest BCUT2D eigenvalue weighted by atomic mass is 9.73. The first-order chi connectivity index (χ1) is 8.22. The highest BCUT2D eigenvalue weighted by Crippen LogP contribution is 2.48. The number of fused-ring (bicyclic) bond motifs is 1. The summed E-state index contributed by atoms with van der Waals surface area (Å²) in [5.41, 5.74) is 1.88. The maximum atomic E-state index is 11.5. The predicted octanol–water partition coefficient (Wildman–Crippen LogP) is 2.55. The molecule has 3 heteroatoms. The van der Waals surface area contributed by atoms with E-state index >= 15 is 0 Å². The van der Waals surface area contributed by atoms with Gasteiger partial charge in [0.15, 0.2) is 0 Å². The normalized spacial score (nSPS) is 32.1. The van der Waals surface area contributed by atoms with Crippen LogP contribution in [-0.4, -0.2) is 29.1 Å². The fraction of sp³-hybridized carbons (Fsp3) is 0.643. The molecule has 1 aliphatic heterocycles. The van der Waals surface area contributed by atoms with Crippen molar-refractivity contribution in [2.75, 3.05) is 13.1 Å². The average molecular weight is 233 g/mol. The van der Waals surface area contributed by atoms with Crippen molar-refractivity contribution >= 4 is 5.97 Å². The molecule has 1 N–H and O–H groups in total. The molecule has 0 aromatic carbocycles. The van der Waals surface area contributed by atoms with E-state index in [9.17, 15) is 9.90 Å². The van der Waals surface area contributed by atoms with E-state index in [-0.39, 0.29) is 0 Å². The fourth-order valence-corrected chi connectivity index (χ4v) is 3.46. The minimum absolute atomic E-state index is 0.552. The largest absolute Gasteiger partial charge is 0.481 e. The number of rotatable bonds is 2. The second-order valence-electron chi connectivity index (χ2n) is 5.42. The zero-order chi connectivity index (χ0) is 11.9. The Labute approximate surface area is 102 Å². The van der Waals surface area contributed by atoms with Crippen molar-refractivity contribution in [3.05, 3.63) is 23.4 Å². The van der Waals surface area contributed by atoms with Gasteiger partial charge in [-0.2, -0.15) is 0 Å². The third-order valence-electron chi connectivity index (χ3n) is 4.54. The van der Waals surface area contributed by atoms with Crippen LogP contribution in [0.25, 0.3) is 0 Å². The summed E-state index contributed by atoms with van der Waals surface area (Å²) < 4.78 is 0. The van der Waals surface area contributed by atoms with Gasteiger partial charge in [0.25, 0.3) is 0 Å². The molecule has 1 unspecified atom stereocenters. The molecule has 0 saturated carbocycles. The van der Waals surface area contributed by atoms with Crippen LogP contribution in [0.15, 0.2) is 23.4 Å². The van der Waals surface area contributed by atoms with Crippen LogP contribution in [0.3, 0.4) is 0 Å². The molecule has 3 rings (SSSR count). The summed E-state index contributed by atoms with van der Waals surface area (Å²) >= 11 is 0. The van der Waals surface area contributed by atoms with E-state index in [1.165, 1.54) is 18.5 Å². The van der Waals surface area contributed by atoms with Gasteiger partial charge in [0.2, 0.25) is 0 Å². The molecule has 1 fully saturated rings. The number of nitrogens with zero attached hydrogens (tertiary/aromatic N) is 1. The van der Waals surface area contributed by atoms with Crippen molar-refractivity contribution in [2.45, 2.75) is 38.5 Å². The van der Waals surface area contributed by atoms with Crippen molar-refractivity contribution < 1.29 is 9.90 Å². The standard InChI is InChI=1S/C14H19NO2/c16-13(17)14-6-3-4-11(14)10-12(5-7-14)15-8-1-2-9-15/h4,10H,1-3,5-9H2,(H,16,17). The number of hydrogen-bond acceptors (Lipinski definition) is 2. The van der Waals surface area contributed by atoms with Gasteiger partial charge in [0, 0.05) is 18.8 Å². The van der Waals surface area contributed by atoms with E-state index in [2.05, 4.69) is 17.1 Å². The fourth-order valence-electron chi connectivity index (χ4n) is 3.46. The van der Waals surface area contributed by atoms with Crippen LogP contribution < -0.4 is 0 Å².